The zero-order chi connectivity index (χ0) is 14.5. The van der Waals surface area contributed by atoms with Gasteiger partial charge in [0.15, 0.2) is 0 Å². The molecule has 1 N–H and O–H groups in total. The molecule has 3 heteroatoms. The van der Waals surface area contributed by atoms with Crippen LogP contribution in [0, 0.1) is 5.92 Å². The van der Waals surface area contributed by atoms with Gasteiger partial charge in [0.05, 0.1) is 0 Å². The van der Waals surface area contributed by atoms with Gasteiger partial charge in [-0.05, 0) is 50.4 Å². The lowest BCUT2D eigenvalue weighted by Crippen LogP contribution is -2.33. The molecule has 2 nitrogen and oxygen atoms in total. The summed E-state index contributed by atoms with van der Waals surface area (Å²) in [6.45, 7) is 6.90. The van der Waals surface area contributed by atoms with Crippen molar-refractivity contribution in [3.05, 3.63) is 28.2 Å². The molecular formula is C17H27BrN2. The molecule has 0 bridgehead atoms. The van der Waals surface area contributed by atoms with Crippen LogP contribution in [0.2, 0.25) is 0 Å². The van der Waals surface area contributed by atoms with E-state index in [2.05, 4.69) is 58.2 Å². The lowest BCUT2D eigenvalue weighted by molar-refractivity contribution is 0.378. The van der Waals surface area contributed by atoms with Crippen molar-refractivity contribution in [3.63, 3.8) is 0 Å². The zero-order valence-electron chi connectivity index (χ0n) is 13.0. The van der Waals surface area contributed by atoms with Crippen molar-refractivity contribution in [2.75, 3.05) is 25.0 Å². The average Bonchev–Trinajstić information content (AvgIpc) is 2.47. The van der Waals surface area contributed by atoms with E-state index >= 15 is 0 Å². The lowest BCUT2D eigenvalue weighted by atomic mass is 9.92. The number of benzene rings is 1. The third kappa shape index (κ3) is 3.76. The normalized spacial score (nSPS) is 18.3. The summed E-state index contributed by atoms with van der Waals surface area (Å²) in [6.07, 6.45) is 5.42. The third-order valence-corrected chi connectivity index (χ3v) is 5.25. The Balaban J connectivity index is 2.02. The van der Waals surface area contributed by atoms with Crippen molar-refractivity contribution in [1.82, 2.24) is 5.32 Å². The molecule has 1 aromatic rings. The van der Waals surface area contributed by atoms with E-state index in [-0.39, 0.29) is 0 Å². The summed E-state index contributed by atoms with van der Waals surface area (Å²) >= 11 is 3.73. The van der Waals surface area contributed by atoms with Gasteiger partial charge in [-0.3, -0.25) is 0 Å². The maximum atomic E-state index is 3.73. The summed E-state index contributed by atoms with van der Waals surface area (Å²) in [7, 11) is 2.00. The zero-order valence-corrected chi connectivity index (χ0v) is 14.5. The van der Waals surface area contributed by atoms with E-state index in [1.807, 2.05) is 7.05 Å². The highest BCUT2D eigenvalue weighted by atomic mass is 79.9. The first-order valence-corrected chi connectivity index (χ1v) is 8.66. The van der Waals surface area contributed by atoms with Crippen LogP contribution in [0.3, 0.4) is 0 Å². The highest BCUT2D eigenvalue weighted by molar-refractivity contribution is 9.10. The molecule has 0 spiro atoms. The Labute approximate surface area is 132 Å². The summed E-state index contributed by atoms with van der Waals surface area (Å²) in [5, 5.41) is 3.30. The summed E-state index contributed by atoms with van der Waals surface area (Å²) in [6, 6.07) is 7.18. The average molecular weight is 339 g/mol. The molecule has 1 aromatic carbocycles. The smallest absolute Gasteiger partial charge is 0.0377 e. The molecule has 1 saturated heterocycles. The summed E-state index contributed by atoms with van der Waals surface area (Å²) in [5.41, 5.74) is 2.69. The van der Waals surface area contributed by atoms with E-state index in [4.69, 9.17) is 0 Å². The fourth-order valence-electron chi connectivity index (χ4n) is 3.11. The monoisotopic (exact) mass is 338 g/mol. The molecule has 1 heterocycles. The first-order valence-electron chi connectivity index (χ1n) is 7.87. The molecule has 2 rings (SSSR count). The Hall–Kier alpha value is -0.540. The second-order valence-electron chi connectivity index (χ2n) is 5.94. The number of hydrogen-bond acceptors (Lipinski definition) is 2. The van der Waals surface area contributed by atoms with Gasteiger partial charge in [-0.1, -0.05) is 41.8 Å². The van der Waals surface area contributed by atoms with Crippen LogP contribution in [0.25, 0.3) is 0 Å². The minimum absolute atomic E-state index is 0.383. The summed E-state index contributed by atoms with van der Waals surface area (Å²) < 4.78 is 1.22. The number of hydrogen-bond donors (Lipinski definition) is 1. The standard InChI is InChI=1S/C17H27BrN2/c1-4-5-14-8-10-20(11-9-14)15-6-7-16(13(2)19-3)17(18)12-15/h6-7,12-14,19H,4-5,8-11H2,1-3H3. The molecule has 0 saturated carbocycles. The Morgan fingerprint density at radius 3 is 2.60 bits per heavy atom. The van der Waals surface area contributed by atoms with E-state index in [0.29, 0.717) is 6.04 Å². The molecule has 1 atom stereocenters. The summed E-state index contributed by atoms with van der Waals surface area (Å²) in [5.74, 6) is 0.947. The van der Waals surface area contributed by atoms with Gasteiger partial charge in [-0.2, -0.15) is 0 Å². The second-order valence-corrected chi connectivity index (χ2v) is 6.79. The van der Waals surface area contributed by atoms with E-state index < -0.39 is 0 Å². The molecule has 112 valence electrons. The molecule has 1 aliphatic heterocycles. The van der Waals surface area contributed by atoms with E-state index in [1.165, 1.54) is 54.5 Å². The number of nitrogens with zero attached hydrogens (tertiary/aromatic N) is 1. The van der Waals surface area contributed by atoms with E-state index in [9.17, 15) is 0 Å². The van der Waals surface area contributed by atoms with Crippen LogP contribution in [0.1, 0.15) is 51.1 Å². The van der Waals surface area contributed by atoms with Crippen molar-refractivity contribution in [3.8, 4) is 0 Å². The van der Waals surface area contributed by atoms with Gasteiger partial charge in [0.2, 0.25) is 0 Å². The Bertz CT molecular complexity index is 425. The minimum atomic E-state index is 0.383. The number of nitrogens with one attached hydrogen (secondary N) is 1. The third-order valence-electron chi connectivity index (χ3n) is 4.56. The molecular weight excluding hydrogens is 312 g/mol. The van der Waals surface area contributed by atoms with Gasteiger partial charge >= 0.3 is 0 Å². The van der Waals surface area contributed by atoms with Crippen LogP contribution in [0.4, 0.5) is 5.69 Å². The van der Waals surface area contributed by atoms with Crippen molar-refractivity contribution in [2.45, 2.75) is 45.6 Å². The first-order chi connectivity index (χ1) is 9.65. The topological polar surface area (TPSA) is 15.3 Å². The predicted octanol–water partition coefficient (Wildman–Crippen LogP) is 4.75. The van der Waals surface area contributed by atoms with Crippen LogP contribution in [-0.2, 0) is 0 Å². The van der Waals surface area contributed by atoms with Crippen LogP contribution in [0.15, 0.2) is 22.7 Å². The van der Waals surface area contributed by atoms with Crippen molar-refractivity contribution in [1.29, 1.82) is 0 Å². The van der Waals surface area contributed by atoms with Crippen LogP contribution in [0.5, 0.6) is 0 Å². The number of piperidine rings is 1. The molecule has 1 unspecified atom stereocenters. The maximum Gasteiger partial charge on any atom is 0.0377 e. The minimum Gasteiger partial charge on any atom is -0.371 e. The second kappa shape index (κ2) is 7.46. The molecule has 0 aliphatic carbocycles. The van der Waals surface area contributed by atoms with Crippen molar-refractivity contribution in [2.24, 2.45) is 5.92 Å². The quantitative estimate of drug-likeness (QED) is 0.833. The number of halogens is 1. The Morgan fingerprint density at radius 1 is 1.35 bits per heavy atom. The van der Waals surface area contributed by atoms with Crippen LogP contribution < -0.4 is 10.2 Å². The van der Waals surface area contributed by atoms with Gasteiger partial charge in [-0.25, -0.2) is 0 Å². The van der Waals surface area contributed by atoms with Gasteiger partial charge in [-0.15, -0.1) is 0 Å². The predicted molar refractivity (Wildman–Crippen MR) is 91.5 cm³/mol. The molecule has 0 amide bonds. The SMILES string of the molecule is CCCC1CCN(c2ccc(C(C)NC)c(Br)c2)CC1. The Morgan fingerprint density at radius 2 is 2.05 bits per heavy atom. The number of rotatable bonds is 5. The van der Waals surface area contributed by atoms with Crippen LogP contribution in [-0.4, -0.2) is 20.1 Å². The maximum absolute atomic E-state index is 3.73. The van der Waals surface area contributed by atoms with Gasteiger partial charge in [0, 0.05) is 29.3 Å². The first kappa shape index (κ1) is 15.8. The molecule has 0 aromatic heterocycles. The molecule has 1 aliphatic rings. The Kier molecular flexibility index (Phi) is 5.91. The fourth-order valence-corrected chi connectivity index (χ4v) is 3.82. The molecule has 1 fully saturated rings. The lowest BCUT2D eigenvalue weighted by Gasteiger charge is -2.34. The number of anilines is 1. The van der Waals surface area contributed by atoms with Gasteiger partial charge in [0.1, 0.15) is 0 Å². The molecule has 0 radical (unpaired) electrons. The molecule has 20 heavy (non-hydrogen) atoms. The van der Waals surface area contributed by atoms with Crippen molar-refractivity contribution < 1.29 is 0 Å². The summed E-state index contributed by atoms with van der Waals surface area (Å²) in [4.78, 5) is 2.53. The van der Waals surface area contributed by atoms with E-state index in [1.54, 1.807) is 0 Å². The van der Waals surface area contributed by atoms with Crippen molar-refractivity contribution >= 4 is 21.6 Å². The van der Waals surface area contributed by atoms with Gasteiger partial charge < -0.3 is 10.2 Å². The highest BCUT2D eigenvalue weighted by Crippen LogP contribution is 2.31. The highest BCUT2D eigenvalue weighted by Gasteiger charge is 2.19. The van der Waals surface area contributed by atoms with E-state index in [0.717, 1.165) is 5.92 Å². The van der Waals surface area contributed by atoms with Crippen LogP contribution >= 0.6 is 15.9 Å². The fraction of sp³-hybridized carbons (Fsp3) is 0.647. The largest absolute Gasteiger partial charge is 0.371 e. The van der Waals surface area contributed by atoms with Gasteiger partial charge in [0.25, 0.3) is 0 Å².